The molecule has 20 heavy (non-hydrogen) atoms. The maximum Gasteiger partial charge on any atom is 0.410 e. The lowest BCUT2D eigenvalue weighted by Gasteiger charge is -2.35. The summed E-state index contributed by atoms with van der Waals surface area (Å²) >= 11 is 1.58. The van der Waals surface area contributed by atoms with Crippen molar-refractivity contribution in [2.45, 2.75) is 45.3 Å². The molecule has 1 N–H and O–H groups in total. The Bertz CT molecular complexity index is 430. The summed E-state index contributed by atoms with van der Waals surface area (Å²) in [5.74, 6) is 0.229. The van der Waals surface area contributed by atoms with E-state index in [2.05, 4.69) is 0 Å². The second-order valence-corrected chi connectivity index (χ2v) is 7.24. The number of hydrogen-bond donors (Lipinski definition) is 1. The minimum Gasteiger partial charge on any atom is -0.444 e. The highest BCUT2D eigenvalue weighted by molar-refractivity contribution is 7.10. The molecule has 1 fully saturated rings. The van der Waals surface area contributed by atoms with Gasteiger partial charge in [0.05, 0.1) is 6.10 Å². The molecule has 0 radical (unpaired) electrons. The molecule has 0 spiro atoms. The predicted octanol–water partition coefficient (Wildman–Crippen LogP) is 3.43. The largest absolute Gasteiger partial charge is 0.444 e. The molecule has 5 heteroatoms. The zero-order valence-corrected chi connectivity index (χ0v) is 13.2. The van der Waals surface area contributed by atoms with E-state index in [1.165, 1.54) is 0 Å². The molecule has 1 aliphatic heterocycles. The predicted molar refractivity (Wildman–Crippen MR) is 79.8 cm³/mol. The molecule has 1 aromatic rings. The van der Waals surface area contributed by atoms with Crippen LogP contribution < -0.4 is 0 Å². The quantitative estimate of drug-likeness (QED) is 0.910. The van der Waals surface area contributed by atoms with E-state index >= 15 is 0 Å². The molecule has 0 aromatic carbocycles. The molecule has 1 aliphatic rings. The summed E-state index contributed by atoms with van der Waals surface area (Å²) in [6, 6.07) is 3.93. The third-order valence-corrected chi connectivity index (χ3v) is 4.42. The van der Waals surface area contributed by atoms with Gasteiger partial charge in [-0.05, 0) is 51.0 Å². The first-order valence-electron chi connectivity index (χ1n) is 7.06. The van der Waals surface area contributed by atoms with Crippen LogP contribution in [0.2, 0.25) is 0 Å². The van der Waals surface area contributed by atoms with Gasteiger partial charge in [-0.3, -0.25) is 0 Å². The molecular formula is C15H23NO3S. The summed E-state index contributed by atoms with van der Waals surface area (Å²) in [6.45, 7) is 6.93. The van der Waals surface area contributed by atoms with Gasteiger partial charge in [0, 0.05) is 18.0 Å². The number of rotatable bonds is 2. The van der Waals surface area contributed by atoms with E-state index in [0.717, 1.165) is 17.7 Å². The van der Waals surface area contributed by atoms with Crippen molar-refractivity contribution in [3.8, 4) is 0 Å². The van der Waals surface area contributed by atoms with Crippen molar-refractivity contribution in [2.75, 3.05) is 13.1 Å². The van der Waals surface area contributed by atoms with Gasteiger partial charge in [0.2, 0.25) is 0 Å². The minimum absolute atomic E-state index is 0.229. The van der Waals surface area contributed by atoms with Crippen molar-refractivity contribution in [3.63, 3.8) is 0 Å². The van der Waals surface area contributed by atoms with Crippen molar-refractivity contribution in [1.82, 2.24) is 4.90 Å². The van der Waals surface area contributed by atoms with Gasteiger partial charge in [-0.25, -0.2) is 4.79 Å². The summed E-state index contributed by atoms with van der Waals surface area (Å²) in [7, 11) is 0. The fourth-order valence-corrected chi connectivity index (χ4v) is 3.22. The van der Waals surface area contributed by atoms with E-state index in [1.807, 2.05) is 38.3 Å². The van der Waals surface area contributed by atoms with Gasteiger partial charge in [0.25, 0.3) is 0 Å². The Morgan fingerprint density at radius 2 is 2.10 bits per heavy atom. The number of carbonyl (C=O) groups is 1. The van der Waals surface area contributed by atoms with Gasteiger partial charge in [0.1, 0.15) is 5.60 Å². The molecular weight excluding hydrogens is 274 g/mol. The fourth-order valence-electron chi connectivity index (χ4n) is 2.42. The van der Waals surface area contributed by atoms with Gasteiger partial charge in [0.15, 0.2) is 0 Å². The van der Waals surface area contributed by atoms with Crippen molar-refractivity contribution in [2.24, 2.45) is 5.92 Å². The number of hydrogen-bond acceptors (Lipinski definition) is 4. The average molecular weight is 297 g/mol. The third-order valence-electron chi connectivity index (χ3n) is 3.47. The monoisotopic (exact) mass is 297 g/mol. The number of amides is 1. The Balaban J connectivity index is 1.85. The zero-order chi connectivity index (χ0) is 14.8. The van der Waals surface area contributed by atoms with Crippen molar-refractivity contribution in [3.05, 3.63) is 22.4 Å². The summed E-state index contributed by atoms with van der Waals surface area (Å²) < 4.78 is 5.37. The number of piperidine rings is 1. The van der Waals surface area contributed by atoms with Crippen LogP contribution in [-0.4, -0.2) is 34.8 Å². The summed E-state index contributed by atoms with van der Waals surface area (Å²) in [5.41, 5.74) is -0.454. The van der Waals surface area contributed by atoms with E-state index in [-0.39, 0.29) is 12.0 Å². The molecule has 0 aliphatic carbocycles. The highest BCUT2D eigenvalue weighted by atomic mass is 32.1. The van der Waals surface area contributed by atoms with Crippen molar-refractivity contribution < 1.29 is 14.6 Å². The SMILES string of the molecule is CC(C)(C)OC(=O)N1CCC(C(O)c2cccs2)CC1. The second kappa shape index (κ2) is 6.14. The number of ether oxygens (including phenoxy) is 1. The Kier molecular flexibility index (Phi) is 4.70. The van der Waals surface area contributed by atoms with Crippen LogP contribution in [0.1, 0.15) is 44.6 Å². The van der Waals surface area contributed by atoms with Gasteiger partial charge in [-0.1, -0.05) is 6.07 Å². The number of aliphatic hydroxyl groups excluding tert-OH is 1. The maximum atomic E-state index is 12.0. The van der Waals surface area contributed by atoms with Crippen LogP contribution in [0.4, 0.5) is 4.79 Å². The van der Waals surface area contributed by atoms with Crippen LogP contribution in [-0.2, 0) is 4.74 Å². The molecule has 1 amide bonds. The van der Waals surface area contributed by atoms with Crippen LogP contribution >= 0.6 is 11.3 Å². The lowest BCUT2D eigenvalue weighted by Crippen LogP contribution is -2.42. The zero-order valence-electron chi connectivity index (χ0n) is 12.3. The van der Waals surface area contributed by atoms with Gasteiger partial charge < -0.3 is 14.7 Å². The van der Waals surface area contributed by atoms with Crippen LogP contribution in [0.15, 0.2) is 17.5 Å². The standard InChI is InChI=1S/C15H23NO3S/c1-15(2,3)19-14(18)16-8-6-11(7-9-16)13(17)12-5-4-10-20-12/h4-5,10-11,13,17H,6-9H2,1-3H3. The maximum absolute atomic E-state index is 12.0. The van der Waals surface area contributed by atoms with Crippen molar-refractivity contribution >= 4 is 17.4 Å². The topological polar surface area (TPSA) is 49.8 Å². The highest BCUT2D eigenvalue weighted by Crippen LogP contribution is 2.33. The molecule has 2 heterocycles. The Hall–Kier alpha value is -1.07. The van der Waals surface area contributed by atoms with E-state index < -0.39 is 11.7 Å². The molecule has 1 saturated heterocycles. The fraction of sp³-hybridized carbons (Fsp3) is 0.667. The van der Waals surface area contributed by atoms with E-state index in [4.69, 9.17) is 4.74 Å². The molecule has 2 rings (SSSR count). The van der Waals surface area contributed by atoms with Crippen LogP contribution in [0.5, 0.6) is 0 Å². The molecule has 0 saturated carbocycles. The summed E-state index contributed by atoms with van der Waals surface area (Å²) in [5, 5.41) is 12.3. The third kappa shape index (κ3) is 3.96. The van der Waals surface area contributed by atoms with Crippen molar-refractivity contribution in [1.29, 1.82) is 0 Å². The molecule has 1 unspecified atom stereocenters. The lowest BCUT2D eigenvalue weighted by atomic mass is 9.90. The number of thiophene rings is 1. The Morgan fingerprint density at radius 1 is 1.45 bits per heavy atom. The average Bonchev–Trinajstić information content (AvgIpc) is 2.90. The van der Waals surface area contributed by atoms with E-state index in [1.54, 1.807) is 16.2 Å². The van der Waals surface area contributed by atoms with E-state index in [0.29, 0.717) is 13.1 Å². The van der Waals surface area contributed by atoms with Gasteiger partial charge in [-0.2, -0.15) is 0 Å². The van der Waals surface area contributed by atoms with E-state index in [9.17, 15) is 9.90 Å². The molecule has 1 aromatic heterocycles. The highest BCUT2D eigenvalue weighted by Gasteiger charge is 2.30. The van der Waals surface area contributed by atoms with Crippen LogP contribution in [0.3, 0.4) is 0 Å². The lowest BCUT2D eigenvalue weighted by molar-refractivity contribution is 0.00809. The number of aliphatic hydroxyl groups is 1. The first-order valence-corrected chi connectivity index (χ1v) is 7.94. The first kappa shape index (κ1) is 15.3. The molecule has 112 valence electrons. The smallest absolute Gasteiger partial charge is 0.410 e. The number of carbonyl (C=O) groups excluding carboxylic acids is 1. The van der Waals surface area contributed by atoms with Crippen LogP contribution in [0, 0.1) is 5.92 Å². The Labute approximate surface area is 124 Å². The van der Waals surface area contributed by atoms with Gasteiger partial charge in [-0.15, -0.1) is 11.3 Å². The summed E-state index contributed by atoms with van der Waals surface area (Å²) in [6.07, 6.45) is 0.980. The van der Waals surface area contributed by atoms with Gasteiger partial charge >= 0.3 is 6.09 Å². The number of likely N-dealkylation sites (tertiary alicyclic amines) is 1. The summed E-state index contributed by atoms with van der Waals surface area (Å²) in [4.78, 5) is 14.7. The molecule has 4 nitrogen and oxygen atoms in total. The molecule has 1 atom stereocenters. The second-order valence-electron chi connectivity index (χ2n) is 6.27. The molecule has 0 bridgehead atoms. The normalized spacial score (nSPS) is 18.9. The minimum atomic E-state index is -0.454. The number of nitrogens with zero attached hydrogens (tertiary/aromatic N) is 1. The first-order chi connectivity index (χ1) is 9.37. The Morgan fingerprint density at radius 3 is 2.60 bits per heavy atom. The van der Waals surface area contributed by atoms with Crippen LogP contribution in [0.25, 0.3) is 0 Å².